The Labute approximate surface area is 144 Å². The van der Waals surface area contributed by atoms with E-state index in [9.17, 15) is 4.79 Å². The largest absolute Gasteiger partial charge is 0.319 e. The zero-order valence-corrected chi connectivity index (χ0v) is 14.8. The number of carbonyl (C=O) groups is 1. The summed E-state index contributed by atoms with van der Waals surface area (Å²) in [6, 6.07) is 7.52. The van der Waals surface area contributed by atoms with Gasteiger partial charge in [0.1, 0.15) is 0 Å². The van der Waals surface area contributed by atoms with Crippen LogP contribution in [0.15, 0.2) is 45.6 Å². The molecule has 0 aliphatic carbocycles. The third-order valence-corrected chi connectivity index (χ3v) is 4.49. The van der Waals surface area contributed by atoms with Crippen molar-refractivity contribution in [1.82, 2.24) is 14.8 Å². The van der Waals surface area contributed by atoms with Gasteiger partial charge in [-0.1, -0.05) is 22.0 Å². The number of nitrogens with zero attached hydrogens (tertiary/aromatic N) is 3. The first kappa shape index (κ1) is 15.2. The summed E-state index contributed by atoms with van der Waals surface area (Å²) in [5, 5.41) is 8.07. The van der Waals surface area contributed by atoms with Crippen molar-refractivity contribution in [2.75, 3.05) is 5.32 Å². The lowest BCUT2D eigenvalue weighted by atomic mass is 10.2. The van der Waals surface area contributed by atoms with Crippen LogP contribution in [0, 0.1) is 0 Å². The Morgan fingerprint density at radius 3 is 2.82 bits per heavy atom. The summed E-state index contributed by atoms with van der Waals surface area (Å²) in [6.45, 7) is 2.67. The number of anilines is 1. The van der Waals surface area contributed by atoms with Crippen LogP contribution < -0.4 is 5.32 Å². The van der Waals surface area contributed by atoms with Crippen molar-refractivity contribution in [3.8, 4) is 0 Å². The number of nitrogens with one attached hydrogen (secondary N) is 1. The van der Waals surface area contributed by atoms with Crippen LogP contribution in [0.3, 0.4) is 0 Å². The molecule has 2 heterocycles. The highest BCUT2D eigenvalue weighted by Crippen LogP contribution is 2.29. The molecule has 1 aromatic carbocycles. The van der Waals surface area contributed by atoms with Gasteiger partial charge in [0.25, 0.3) is 5.91 Å². The Morgan fingerprint density at radius 1 is 1.27 bits per heavy atom. The Morgan fingerprint density at radius 2 is 2.09 bits per heavy atom. The Balaban J connectivity index is 1.98. The average molecular weight is 424 g/mol. The van der Waals surface area contributed by atoms with Crippen LogP contribution in [0.4, 0.5) is 5.69 Å². The van der Waals surface area contributed by atoms with Crippen molar-refractivity contribution >= 4 is 54.4 Å². The molecule has 0 atom stereocenters. The molecule has 0 unspecified atom stereocenters. The van der Waals surface area contributed by atoms with Crippen molar-refractivity contribution < 1.29 is 4.79 Å². The minimum absolute atomic E-state index is 0.270. The molecule has 0 radical (unpaired) electrons. The summed E-state index contributed by atoms with van der Waals surface area (Å²) in [7, 11) is 0. The molecule has 2 aromatic heterocycles. The number of pyridine rings is 1. The molecular weight excluding hydrogens is 412 g/mol. The highest BCUT2D eigenvalue weighted by molar-refractivity contribution is 9.11. The van der Waals surface area contributed by atoms with E-state index >= 15 is 0 Å². The average Bonchev–Trinajstić information content (AvgIpc) is 2.91. The van der Waals surface area contributed by atoms with Gasteiger partial charge in [-0.25, -0.2) is 0 Å². The molecule has 0 saturated heterocycles. The van der Waals surface area contributed by atoms with E-state index in [0.717, 1.165) is 15.4 Å². The molecular formula is C15H12Br2N4O. The number of halogens is 2. The lowest BCUT2D eigenvalue weighted by Gasteiger charge is -2.08. The molecule has 1 N–H and O–H groups in total. The van der Waals surface area contributed by atoms with Gasteiger partial charge in [-0.2, -0.15) is 5.10 Å². The van der Waals surface area contributed by atoms with Crippen LogP contribution in [-0.4, -0.2) is 20.7 Å². The molecule has 5 nitrogen and oxygen atoms in total. The summed E-state index contributed by atoms with van der Waals surface area (Å²) in [5.41, 5.74) is 1.74. The quantitative estimate of drug-likeness (QED) is 0.685. The van der Waals surface area contributed by atoms with E-state index in [0.29, 0.717) is 22.4 Å². The zero-order chi connectivity index (χ0) is 15.7. The van der Waals surface area contributed by atoms with Crippen molar-refractivity contribution in [2.45, 2.75) is 13.5 Å². The van der Waals surface area contributed by atoms with Gasteiger partial charge in [-0.3, -0.25) is 14.5 Å². The van der Waals surface area contributed by atoms with Gasteiger partial charge >= 0.3 is 0 Å². The summed E-state index contributed by atoms with van der Waals surface area (Å²) >= 11 is 6.86. The molecule has 7 heteroatoms. The van der Waals surface area contributed by atoms with E-state index in [1.807, 2.05) is 31.2 Å². The van der Waals surface area contributed by atoms with E-state index in [1.165, 1.54) is 0 Å². The predicted molar refractivity (Wildman–Crippen MR) is 93.0 cm³/mol. The normalized spacial score (nSPS) is 10.9. The Kier molecular flexibility index (Phi) is 4.26. The minimum Gasteiger partial charge on any atom is -0.319 e. The van der Waals surface area contributed by atoms with Gasteiger partial charge in [0.2, 0.25) is 0 Å². The number of rotatable bonds is 3. The minimum atomic E-state index is -0.270. The maximum atomic E-state index is 12.4. The van der Waals surface area contributed by atoms with E-state index in [1.54, 1.807) is 17.1 Å². The first-order valence-electron chi connectivity index (χ1n) is 6.67. The predicted octanol–water partition coefficient (Wildman–Crippen LogP) is 4.23. The number of hydrogen-bond donors (Lipinski definition) is 1. The molecule has 0 spiro atoms. The van der Waals surface area contributed by atoms with Crippen molar-refractivity contribution in [2.24, 2.45) is 0 Å². The summed E-state index contributed by atoms with van der Waals surface area (Å²) in [6.07, 6.45) is 3.49. The van der Waals surface area contributed by atoms with E-state index in [-0.39, 0.29) is 5.91 Å². The number of aromatic nitrogens is 3. The van der Waals surface area contributed by atoms with Gasteiger partial charge in [-0.15, -0.1) is 0 Å². The van der Waals surface area contributed by atoms with Crippen LogP contribution in [-0.2, 0) is 6.54 Å². The fourth-order valence-electron chi connectivity index (χ4n) is 2.13. The lowest BCUT2D eigenvalue weighted by Crippen LogP contribution is -2.14. The van der Waals surface area contributed by atoms with Gasteiger partial charge in [0.05, 0.1) is 15.7 Å². The van der Waals surface area contributed by atoms with Crippen molar-refractivity contribution in [3.63, 3.8) is 0 Å². The lowest BCUT2D eigenvalue weighted by molar-refractivity contribution is 0.102. The summed E-state index contributed by atoms with van der Waals surface area (Å²) in [4.78, 5) is 16.8. The number of fused-ring (bicyclic) bond motifs is 1. The van der Waals surface area contributed by atoms with Gasteiger partial charge < -0.3 is 5.32 Å². The number of amides is 1. The number of hydrogen-bond acceptors (Lipinski definition) is 3. The number of aryl methyl sites for hydroxylation is 1. The molecule has 0 aliphatic heterocycles. The molecule has 112 valence electrons. The third-order valence-electron chi connectivity index (χ3n) is 3.22. The van der Waals surface area contributed by atoms with Crippen LogP contribution in [0.2, 0.25) is 0 Å². The van der Waals surface area contributed by atoms with Crippen molar-refractivity contribution in [1.29, 1.82) is 0 Å². The second-order valence-electron chi connectivity index (χ2n) is 4.63. The molecule has 3 aromatic rings. The topological polar surface area (TPSA) is 59.8 Å². The SMILES string of the molecule is CCn1cc(Br)c(C(=O)Nc2ccc(Br)c3cccnc23)n1. The maximum Gasteiger partial charge on any atom is 0.277 e. The molecule has 0 aliphatic rings. The molecule has 1 amide bonds. The second kappa shape index (κ2) is 6.18. The van der Waals surface area contributed by atoms with Crippen molar-refractivity contribution in [3.05, 3.63) is 51.3 Å². The summed E-state index contributed by atoms with van der Waals surface area (Å²) in [5.74, 6) is -0.270. The molecule has 0 fully saturated rings. The monoisotopic (exact) mass is 422 g/mol. The molecule has 22 heavy (non-hydrogen) atoms. The smallest absolute Gasteiger partial charge is 0.277 e. The summed E-state index contributed by atoms with van der Waals surface area (Å²) < 4.78 is 3.31. The molecule has 3 rings (SSSR count). The van der Waals surface area contributed by atoms with E-state index < -0.39 is 0 Å². The fourth-order valence-corrected chi connectivity index (χ4v) is 3.08. The fraction of sp³-hybridized carbons (Fsp3) is 0.133. The Hall–Kier alpha value is -1.73. The number of carbonyl (C=O) groups excluding carboxylic acids is 1. The zero-order valence-electron chi connectivity index (χ0n) is 11.7. The first-order valence-corrected chi connectivity index (χ1v) is 8.26. The molecule has 0 saturated carbocycles. The number of benzene rings is 1. The highest BCUT2D eigenvalue weighted by atomic mass is 79.9. The molecule has 0 bridgehead atoms. The van der Waals surface area contributed by atoms with Crippen LogP contribution in [0.1, 0.15) is 17.4 Å². The first-order chi connectivity index (χ1) is 10.6. The van der Waals surface area contributed by atoms with Crippen LogP contribution in [0.5, 0.6) is 0 Å². The Bertz CT molecular complexity index is 860. The van der Waals surface area contributed by atoms with Crippen LogP contribution >= 0.6 is 31.9 Å². The van der Waals surface area contributed by atoms with E-state index in [4.69, 9.17) is 0 Å². The highest BCUT2D eigenvalue weighted by Gasteiger charge is 2.16. The maximum absolute atomic E-state index is 12.4. The van der Waals surface area contributed by atoms with Gasteiger partial charge in [0.15, 0.2) is 5.69 Å². The van der Waals surface area contributed by atoms with E-state index in [2.05, 4.69) is 47.3 Å². The van der Waals surface area contributed by atoms with Gasteiger partial charge in [-0.05, 0) is 41.1 Å². The third kappa shape index (κ3) is 2.78. The van der Waals surface area contributed by atoms with Gasteiger partial charge in [0, 0.05) is 28.8 Å². The standard InChI is InChI=1S/C15H12Br2N4O/c1-2-21-8-11(17)14(20-21)15(22)19-12-6-5-10(16)9-4-3-7-18-13(9)12/h3-8H,2H2,1H3,(H,19,22). The second-order valence-corrected chi connectivity index (χ2v) is 6.34. The van der Waals surface area contributed by atoms with Crippen LogP contribution in [0.25, 0.3) is 10.9 Å².